The van der Waals surface area contributed by atoms with Gasteiger partial charge >= 0.3 is 12.1 Å². The van der Waals surface area contributed by atoms with Crippen molar-refractivity contribution in [3.05, 3.63) is 30.1 Å². The summed E-state index contributed by atoms with van der Waals surface area (Å²) in [4.78, 5) is 44.7. The number of carbonyl (C=O) groups excluding carboxylic acids is 2. The monoisotopic (exact) mass is 601 g/mol. The number of piperidine rings is 1. The van der Waals surface area contributed by atoms with Crippen LogP contribution in [-0.4, -0.2) is 112 Å². The summed E-state index contributed by atoms with van der Waals surface area (Å²) in [6, 6.07) is 7.90. The van der Waals surface area contributed by atoms with Gasteiger partial charge in [0.05, 0.1) is 30.2 Å². The third-order valence-electron chi connectivity index (χ3n) is 6.87. The number of aromatic nitrogens is 2. The minimum atomic E-state index is -5.08. The number of carboxylic acid groups (broad SMARTS) is 1. The quantitative estimate of drug-likeness (QED) is 0.475. The van der Waals surface area contributed by atoms with Crippen molar-refractivity contribution in [3.63, 3.8) is 0 Å². The fourth-order valence-electron chi connectivity index (χ4n) is 4.95. The average Bonchev–Trinajstić information content (AvgIpc) is 3.32. The van der Waals surface area contributed by atoms with E-state index in [1.165, 1.54) is 0 Å². The molecule has 14 heteroatoms. The number of benzene rings is 1. The van der Waals surface area contributed by atoms with Crippen LogP contribution in [0.15, 0.2) is 24.3 Å². The molecule has 1 aromatic carbocycles. The number of rotatable bonds is 8. The Hall–Kier alpha value is -2.84. The maximum atomic E-state index is 14.0. The first-order chi connectivity index (χ1) is 19.4. The summed E-state index contributed by atoms with van der Waals surface area (Å²) in [6.07, 6.45) is -2.34. The van der Waals surface area contributed by atoms with Crippen molar-refractivity contribution < 1.29 is 37.4 Å². The fourth-order valence-corrected chi connectivity index (χ4v) is 5.32. The van der Waals surface area contributed by atoms with Crippen molar-refractivity contribution in [3.8, 4) is 0 Å². The zero-order valence-corrected chi connectivity index (χ0v) is 24.3. The molecular weight excluding hydrogens is 563 g/mol. The van der Waals surface area contributed by atoms with Crippen LogP contribution < -0.4 is 5.32 Å². The number of thioether (sulfide) groups is 1. The smallest absolute Gasteiger partial charge is 0.475 e. The molecule has 3 heterocycles. The second-order valence-corrected chi connectivity index (χ2v) is 11.4. The van der Waals surface area contributed by atoms with Crippen LogP contribution in [0, 0.1) is 11.8 Å². The number of halogens is 3. The van der Waals surface area contributed by atoms with E-state index in [9.17, 15) is 22.8 Å². The number of hydrogen-bond donors (Lipinski definition) is 2. The van der Waals surface area contributed by atoms with E-state index in [0.29, 0.717) is 64.1 Å². The molecule has 2 fully saturated rings. The van der Waals surface area contributed by atoms with Crippen molar-refractivity contribution in [2.24, 2.45) is 11.8 Å². The number of amides is 2. The molecule has 10 nitrogen and oxygen atoms in total. The highest BCUT2D eigenvalue weighted by Gasteiger charge is 2.38. The van der Waals surface area contributed by atoms with Crippen molar-refractivity contribution in [1.82, 2.24) is 24.7 Å². The minimum absolute atomic E-state index is 0.0442. The van der Waals surface area contributed by atoms with Crippen LogP contribution in [0.4, 0.5) is 13.2 Å². The van der Waals surface area contributed by atoms with Gasteiger partial charge in [0.25, 0.3) is 5.91 Å². The zero-order valence-electron chi connectivity index (χ0n) is 23.5. The summed E-state index contributed by atoms with van der Waals surface area (Å²) in [5, 5.41) is 10.6. The number of nitrogens with zero attached hydrogens (tertiary/aromatic N) is 4. The number of fused-ring (bicyclic) bond motifs is 1. The summed E-state index contributed by atoms with van der Waals surface area (Å²) in [5.74, 6) is -1.05. The van der Waals surface area contributed by atoms with E-state index >= 15 is 0 Å². The van der Waals surface area contributed by atoms with E-state index in [1.54, 1.807) is 11.8 Å². The predicted molar refractivity (Wildman–Crippen MR) is 150 cm³/mol. The first kappa shape index (κ1) is 32.7. The topological polar surface area (TPSA) is 117 Å². The van der Waals surface area contributed by atoms with Crippen LogP contribution in [0.3, 0.4) is 0 Å². The van der Waals surface area contributed by atoms with Crippen LogP contribution >= 0.6 is 11.8 Å². The molecule has 0 spiro atoms. The first-order valence-corrected chi connectivity index (χ1v) is 15.0. The standard InChI is InChI=1S/C25H37N5O3S.C2HF3O2/c1-18(2)17-30(20-14-19(15-26-16-20)24(31)28-8-11-33-12-9-28)25(32)23-27-21-6-4-5-7-22(21)29(23)10-13-34-3;3-2(4,5)1(6)7/h4-7,18-20,26H,8-17H2,1-3H3;(H,6,7)/t19-,20+;/m1./s1. The van der Waals surface area contributed by atoms with Gasteiger partial charge in [0.1, 0.15) is 0 Å². The van der Waals surface area contributed by atoms with Crippen LogP contribution in [-0.2, 0) is 20.9 Å². The molecule has 2 aliphatic rings. The lowest BCUT2D eigenvalue weighted by molar-refractivity contribution is -0.192. The molecule has 2 aliphatic heterocycles. The second-order valence-electron chi connectivity index (χ2n) is 10.4. The number of aryl methyl sites for hydroxylation is 1. The highest BCUT2D eigenvalue weighted by molar-refractivity contribution is 7.98. The van der Waals surface area contributed by atoms with Gasteiger partial charge < -0.3 is 29.5 Å². The summed E-state index contributed by atoms with van der Waals surface area (Å²) >= 11 is 1.76. The molecule has 0 bridgehead atoms. The lowest BCUT2D eigenvalue weighted by Crippen LogP contribution is -2.56. The van der Waals surface area contributed by atoms with E-state index in [-0.39, 0.29) is 23.8 Å². The van der Waals surface area contributed by atoms with Gasteiger partial charge in [-0.2, -0.15) is 24.9 Å². The molecule has 2 N–H and O–H groups in total. The molecule has 228 valence electrons. The Kier molecular flexibility index (Phi) is 11.9. The molecule has 4 rings (SSSR count). The molecule has 2 aromatic rings. The number of aliphatic carboxylic acids is 1. The lowest BCUT2D eigenvalue weighted by atomic mass is 9.92. The van der Waals surface area contributed by atoms with E-state index < -0.39 is 12.1 Å². The van der Waals surface area contributed by atoms with Gasteiger partial charge in [-0.3, -0.25) is 9.59 Å². The number of ether oxygens (including phenoxy) is 1. The van der Waals surface area contributed by atoms with Crippen LogP contribution in [0.1, 0.15) is 30.9 Å². The summed E-state index contributed by atoms with van der Waals surface area (Å²) < 4.78 is 39.2. The van der Waals surface area contributed by atoms with Crippen molar-refractivity contribution in [1.29, 1.82) is 0 Å². The van der Waals surface area contributed by atoms with Gasteiger partial charge in [0, 0.05) is 51.1 Å². The van der Waals surface area contributed by atoms with Crippen molar-refractivity contribution >= 4 is 40.6 Å². The SMILES string of the molecule is CSCCn1c(C(=O)N(CC(C)C)[C@@H]2CNC[C@H](C(=O)N3CCOCC3)C2)nc2ccccc21.O=C(O)C(F)(F)F. The zero-order chi connectivity index (χ0) is 30.2. The second kappa shape index (κ2) is 14.9. The molecule has 2 amide bonds. The van der Waals surface area contributed by atoms with E-state index in [4.69, 9.17) is 19.6 Å². The molecule has 1 aromatic heterocycles. The maximum Gasteiger partial charge on any atom is 0.490 e. The number of carbonyl (C=O) groups is 3. The number of para-hydroxylation sites is 2. The van der Waals surface area contributed by atoms with Crippen LogP contribution in [0.25, 0.3) is 11.0 Å². The molecule has 0 saturated carbocycles. The maximum absolute atomic E-state index is 14.0. The predicted octanol–water partition coefficient (Wildman–Crippen LogP) is 2.97. The largest absolute Gasteiger partial charge is 0.490 e. The Morgan fingerprint density at radius 2 is 1.85 bits per heavy atom. The fraction of sp³-hybridized carbons (Fsp3) is 0.630. The molecule has 0 unspecified atom stereocenters. The van der Waals surface area contributed by atoms with Gasteiger partial charge in [-0.05, 0) is 30.7 Å². The molecule has 0 aliphatic carbocycles. The Morgan fingerprint density at radius 1 is 1.20 bits per heavy atom. The normalized spacial score (nSPS) is 19.5. The Morgan fingerprint density at radius 3 is 2.46 bits per heavy atom. The van der Waals surface area contributed by atoms with E-state index in [1.807, 2.05) is 34.1 Å². The molecule has 41 heavy (non-hydrogen) atoms. The van der Waals surface area contributed by atoms with E-state index in [0.717, 1.165) is 23.3 Å². The highest BCUT2D eigenvalue weighted by atomic mass is 32.2. The van der Waals surface area contributed by atoms with Crippen molar-refractivity contribution in [2.45, 2.75) is 39.0 Å². The highest BCUT2D eigenvalue weighted by Crippen LogP contribution is 2.24. The number of morpholine rings is 1. The van der Waals surface area contributed by atoms with E-state index in [2.05, 4.69) is 30.0 Å². The molecule has 2 saturated heterocycles. The number of hydrogen-bond acceptors (Lipinski definition) is 7. The number of carboxylic acids is 1. The van der Waals surface area contributed by atoms with Gasteiger partial charge in [0.15, 0.2) is 5.82 Å². The van der Waals surface area contributed by atoms with Gasteiger partial charge in [0.2, 0.25) is 5.91 Å². The Balaban J connectivity index is 0.000000587. The van der Waals surface area contributed by atoms with Gasteiger partial charge in [-0.15, -0.1) is 0 Å². The third kappa shape index (κ3) is 8.82. The summed E-state index contributed by atoms with van der Waals surface area (Å²) in [6.45, 7) is 9.46. The Labute approximate surface area is 241 Å². The van der Waals surface area contributed by atoms with Gasteiger partial charge in [-0.25, -0.2) is 9.78 Å². The van der Waals surface area contributed by atoms with Crippen molar-refractivity contribution in [2.75, 3.05) is 57.9 Å². The summed E-state index contributed by atoms with van der Waals surface area (Å²) in [7, 11) is 0. The molecule has 2 atom stereocenters. The lowest BCUT2D eigenvalue weighted by Gasteiger charge is -2.40. The molecule has 0 radical (unpaired) electrons. The number of imidazole rings is 1. The summed E-state index contributed by atoms with van der Waals surface area (Å²) in [5.41, 5.74) is 1.84. The minimum Gasteiger partial charge on any atom is -0.475 e. The van der Waals surface area contributed by atoms with Crippen LogP contribution in [0.5, 0.6) is 0 Å². The van der Waals surface area contributed by atoms with Gasteiger partial charge in [-0.1, -0.05) is 26.0 Å². The third-order valence-corrected chi connectivity index (χ3v) is 7.46. The first-order valence-electron chi connectivity index (χ1n) is 13.6. The van der Waals surface area contributed by atoms with Crippen LogP contribution in [0.2, 0.25) is 0 Å². The average molecular weight is 602 g/mol. The Bertz CT molecular complexity index is 1190. The molecular formula is C27H38F3N5O5S. The number of alkyl halides is 3. The number of nitrogens with one attached hydrogen (secondary N) is 1.